The lowest BCUT2D eigenvalue weighted by Gasteiger charge is -2.22. The van der Waals surface area contributed by atoms with E-state index in [4.69, 9.17) is 0 Å². The molecule has 1 heterocycles. The molecule has 0 aliphatic carbocycles. The Morgan fingerprint density at radius 1 is 1.00 bits per heavy atom. The number of nitrogens with zero attached hydrogens (tertiary/aromatic N) is 1. The van der Waals surface area contributed by atoms with Crippen molar-refractivity contribution in [3.63, 3.8) is 0 Å². The molecule has 1 amide bonds. The zero-order chi connectivity index (χ0) is 18.3. The summed E-state index contributed by atoms with van der Waals surface area (Å²) in [7, 11) is 0. The molecule has 134 valence electrons. The van der Waals surface area contributed by atoms with Crippen LogP contribution in [0.15, 0.2) is 54.6 Å². The normalized spacial score (nSPS) is 14.9. The molecule has 3 rings (SSSR count). The summed E-state index contributed by atoms with van der Waals surface area (Å²) in [4.78, 5) is 13.0. The minimum Gasteiger partial charge on any atom is -0.369 e. The number of benzene rings is 2. The second-order valence-corrected chi connectivity index (χ2v) is 5.79. The fourth-order valence-corrected chi connectivity index (χ4v) is 2.44. The van der Waals surface area contributed by atoms with Crippen molar-refractivity contribution in [2.45, 2.75) is 19.5 Å². The Morgan fingerprint density at radius 2 is 1.72 bits per heavy atom. The molecule has 1 aliphatic heterocycles. The molecular weight excluding hydrogens is 329 g/mol. The van der Waals surface area contributed by atoms with Gasteiger partial charge in [0.05, 0.1) is 5.56 Å². The van der Waals surface area contributed by atoms with Crippen LogP contribution >= 0.6 is 0 Å². The number of amides is 1. The average Bonchev–Trinajstić information content (AvgIpc) is 2.80. The predicted octanol–water partition coefficient (Wildman–Crippen LogP) is 4.03. The zero-order valence-electron chi connectivity index (χ0n) is 14.0. The highest BCUT2D eigenvalue weighted by molar-refractivity contribution is 5.77. The van der Waals surface area contributed by atoms with Gasteiger partial charge in [0.15, 0.2) is 0 Å². The molecule has 2 aromatic carbocycles. The van der Waals surface area contributed by atoms with E-state index < -0.39 is 11.7 Å². The van der Waals surface area contributed by atoms with Crippen LogP contribution in [0.4, 0.5) is 18.9 Å². The van der Waals surface area contributed by atoms with Crippen LogP contribution in [0.25, 0.3) is 0 Å². The highest BCUT2D eigenvalue weighted by Crippen LogP contribution is 2.31. The molecule has 1 saturated heterocycles. The molecule has 0 saturated carbocycles. The number of carbonyl (C=O) groups is 1. The molecule has 0 spiro atoms. The van der Waals surface area contributed by atoms with Gasteiger partial charge in [0.25, 0.3) is 0 Å². The van der Waals surface area contributed by atoms with E-state index in [9.17, 15) is 18.0 Å². The number of anilines is 1. The SMILES string of the molecule is Cc1ccccc1.O=C1CCN(c2cccc(C(F)(F)F)c2)CCN1. The Hall–Kier alpha value is -2.50. The van der Waals surface area contributed by atoms with Crippen molar-refractivity contribution in [3.05, 3.63) is 65.7 Å². The summed E-state index contributed by atoms with van der Waals surface area (Å²) in [5, 5.41) is 2.69. The Labute approximate surface area is 145 Å². The third-order valence-corrected chi connectivity index (χ3v) is 3.79. The second kappa shape index (κ2) is 8.55. The van der Waals surface area contributed by atoms with Crippen molar-refractivity contribution in [2.75, 3.05) is 24.5 Å². The summed E-state index contributed by atoms with van der Waals surface area (Å²) < 4.78 is 37.8. The van der Waals surface area contributed by atoms with Crippen LogP contribution in [0.1, 0.15) is 17.5 Å². The van der Waals surface area contributed by atoms with Crippen molar-refractivity contribution in [1.29, 1.82) is 0 Å². The summed E-state index contributed by atoms with van der Waals surface area (Å²) in [6.07, 6.45) is -4.04. The number of carbonyl (C=O) groups excluding carboxylic acids is 1. The number of hydrogen-bond donors (Lipinski definition) is 1. The van der Waals surface area contributed by atoms with Crippen LogP contribution in [-0.4, -0.2) is 25.5 Å². The van der Waals surface area contributed by atoms with E-state index in [2.05, 4.69) is 24.4 Å². The number of alkyl halides is 3. The third kappa shape index (κ3) is 6.14. The fourth-order valence-electron chi connectivity index (χ4n) is 2.44. The maximum absolute atomic E-state index is 12.6. The van der Waals surface area contributed by atoms with Crippen LogP contribution in [0.5, 0.6) is 0 Å². The summed E-state index contributed by atoms with van der Waals surface area (Å²) >= 11 is 0. The molecule has 3 nitrogen and oxygen atoms in total. The Balaban J connectivity index is 0.000000269. The molecule has 0 radical (unpaired) electrons. The minimum atomic E-state index is -4.34. The first-order valence-electron chi connectivity index (χ1n) is 8.07. The number of rotatable bonds is 1. The molecular formula is C19H21F3N2O. The van der Waals surface area contributed by atoms with Crippen molar-refractivity contribution in [1.82, 2.24) is 5.32 Å². The van der Waals surface area contributed by atoms with Gasteiger partial charge in [-0.25, -0.2) is 0 Å². The number of hydrogen-bond acceptors (Lipinski definition) is 2. The van der Waals surface area contributed by atoms with E-state index in [0.29, 0.717) is 31.7 Å². The summed E-state index contributed by atoms with van der Waals surface area (Å²) in [5.74, 6) is -0.0653. The van der Waals surface area contributed by atoms with Gasteiger partial charge in [-0.1, -0.05) is 42.0 Å². The van der Waals surface area contributed by atoms with Crippen LogP contribution in [0, 0.1) is 6.92 Å². The predicted molar refractivity (Wildman–Crippen MR) is 92.5 cm³/mol. The lowest BCUT2D eigenvalue weighted by molar-refractivity contribution is -0.137. The first-order chi connectivity index (χ1) is 11.9. The highest BCUT2D eigenvalue weighted by Gasteiger charge is 2.30. The number of nitrogens with one attached hydrogen (secondary N) is 1. The molecule has 6 heteroatoms. The van der Waals surface area contributed by atoms with Gasteiger partial charge in [-0.2, -0.15) is 13.2 Å². The summed E-state index contributed by atoms with van der Waals surface area (Å²) in [5.41, 5.74) is 1.16. The molecule has 1 fully saturated rings. The standard InChI is InChI=1S/C12H13F3N2O.C7H8/c13-12(14,15)9-2-1-3-10(8-9)17-6-4-11(18)16-5-7-17;1-7-5-3-2-4-6-7/h1-3,8H,4-7H2,(H,16,18);2-6H,1H3. The van der Waals surface area contributed by atoms with E-state index in [1.807, 2.05) is 18.2 Å². The minimum absolute atomic E-state index is 0.0653. The third-order valence-electron chi connectivity index (χ3n) is 3.79. The maximum atomic E-state index is 12.6. The van der Waals surface area contributed by atoms with Crippen molar-refractivity contribution >= 4 is 11.6 Å². The highest BCUT2D eigenvalue weighted by atomic mass is 19.4. The Kier molecular flexibility index (Phi) is 6.44. The van der Waals surface area contributed by atoms with E-state index >= 15 is 0 Å². The van der Waals surface area contributed by atoms with Gasteiger partial charge >= 0.3 is 6.18 Å². The number of halogens is 3. The van der Waals surface area contributed by atoms with E-state index in [0.717, 1.165) is 12.1 Å². The van der Waals surface area contributed by atoms with Crippen molar-refractivity contribution in [2.24, 2.45) is 0 Å². The second-order valence-electron chi connectivity index (χ2n) is 5.79. The monoisotopic (exact) mass is 350 g/mol. The van der Waals surface area contributed by atoms with Gasteiger partial charge < -0.3 is 10.2 Å². The first kappa shape index (κ1) is 18.8. The average molecular weight is 350 g/mol. The van der Waals surface area contributed by atoms with Gasteiger partial charge in [-0.15, -0.1) is 0 Å². The summed E-state index contributed by atoms with van der Waals surface area (Å²) in [6, 6.07) is 15.4. The Morgan fingerprint density at radius 3 is 2.32 bits per heavy atom. The van der Waals surface area contributed by atoms with Crippen LogP contribution < -0.4 is 10.2 Å². The van der Waals surface area contributed by atoms with Gasteiger partial charge in [-0.3, -0.25) is 4.79 Å². The van der Waals surface area contributed by atoms with Crippen LogP contribution in [0.2, 0.25) is 0 Å². The largest absolute Gasteiger partial charge is 0.416 e. The van der Waals surface area contributed by atoms with E-state index in [1.165, 1.54) is 11.6 Å². The Bertz CT molecular complexity index is 687. The fraction of sp³-hybridized carbons (Fsp3) is 0.316. The van der Waals surface area contributed by atoms with Crippen LogP contribution in [0.3, 0.4) is 0 Å². The van der Waals surface area contributed by atoms with Crippen molar-refractivity contribution in [3.8, 4) is 0 Å². The lowest BCUT2D eigenvalue weighted by atomic mass is 10.1. The van der Waals surface area contributed by atoms with Gasteiger partial charge in [0.2, 0.25) is 5.91 Å². The van der Waals surface area contributed by atoms with Gasteiger partial charge in [0, 0.05) is 31.7 Å². The van der Waals surface area contributed by atoms with Gasteiger partial charge in [0.1, 0.15) is 0 Å². The molecule has 0 atom stereocenters. The molecule has 1 N–H and O–H groups in total. The first-order valence-corrected chi connectivity index (χ1v) is 8.07. The van der Waals surface area contributed by atoms with Gasteiger partial charge in [-0.05, 0) is 25.1 Å². The molecule has 1 aliphatic rings. The molecule has 25 heavy (non-hydrogen) atoms. The van der Waals surface area contributed by atoms with E-state index in [-0.39, 0.29) is 5.91 Å². The molecule has 0 unspecified atom stereocenters. The topological polar surface area (TPSA) is 32.3 Å². The van der Waals surface area contributed by atoms with Crippen molar-refractivity contribution < 1.29 is 18.0 Å². The van der Waals surface area contributed by atoms with Crippen LogP contribution in [-0.2, 0) is 11.0 Å². The lowest BCUT2D eigenvalue weighted by Crippen LogP contribution is -2.28. The smallest absolute Gasteiger partial charge is 0.369 e. The zero-order valence-corrected chi connectivity index (χ0v) is 14.0. The summed E-state index contributed by atoms with van der Waals surface area (Å²) in [6.45, 7) is 3.50. The van der Waals surface area contributed by atoms with E-state index in [1.54, 1.807) is 11.0 Å². The molecule has 2 aromatic rings. The molecule has 0 bridgehead atoms. The number of aryl methyl sites for hydroxylation is 1. The maximum Gasteiger partial charge on any atom is 0.416 e. The quantitative estimate of drug-likeness (QED) is 0.842. The molecule has 0 aromatic heterocycles.